The van der Waals surface area contributed by atoms with Crippen LogP contribution in [0.3, 0.4) is 0 Å². The van der Waals surface area contributed by atoms with E-state index < -0.39 is 0 Å². The van der Waals surface area contributed by atoms with Crippen molar-refractivity contribution in [2.24, 2.45) is 11.5 Å². The number of aromatic nitrogens is 2. The molecule has 0 radical (unpaired) electrons. The van der Waals surface area contributed by atoms with Crippen LogP contribution in [0.5, 0.6) is 0 Å². The van der Waals surface area contributed by atoms with E-state index in [1.807, 2.05) is 79.7 Å². The summed E-state index contributed by atoms with van der Waals surface area (Å²) in [5, 5.41) is 7.60. The second kappa shape index (κ2) is 13.7. The van der Waals surface area contributed by atoms with Crippen LogP contribution in [0, 0.1) is 5.41 Å². The normalized spacial score (nSPS) is 11.1. The van der Waals surface area contributed by atoms with Crippen molar-refractivity contribution in [1.82, 2.24) is 14.5 Å². The van der Waals surface area contributed by atoms with Gasteiger partial charge in [-0.3, -0.25) is 10.2 Å². The minimum atomic E-state index is -0.0517. The summed E-state index contributed by atoms with van der Waals surface area (Å²) in [6, 6.07) is 23.5. The molecule has 4 rings (SSSR count). The molecule has 0 fully saturated rings. The third-order valence-corrected chi connectivity index (χ3v) is 6.75. The zero-order chi connectivity index (χ0) is 27.6. The number of rotatable bonds is 14. The first-order chi connectivity index (χ1) is 19.0. The summed E-state index contributed by atoms with van der Waals surface area (Å²) < 4.78 is 7.81. The molecule has 5 N–H and O–H groups in total. The topological polar surface area (TPSA) is 123 Å². The Hall–Kier alpha value is -4.01. The maximum absolute atomic E-state index is 13.5. The van der Waals surface area contributed by atoms with E-state index >= 15 is 0 Å². The second-order valence-electron chi connectivity index (χ2n) is 9.55. The van der Waals surface area contributed by atoms with Crippen molar-refractivity contribution >= 4 is 22.8 Å². The number of hydrogen-bond acceptors (Lipinski definition) is 5. The highest BCUT2D eigenvalue weighted by Crippen LogP contribution is 2.22. The van der Waals surface area contributed by atoms with Gasteiger partial charge in [0.25, 0.3) is 5.91 Å². The summed E-state index contributed by atoms with van der Waals surface area (Å²) in [5.41, 5.74) is 16.8. The Morgan fingerprint density at radius 3 is 2.44 bits per heavy atom. The summed E-state index contributed by atoms with van der Waals surface area (Å²) in [6.45, 7) is 5.55. The molecule has 8 heteroatoms. The van der Waals surface area contributed by atoms with E-state index in [-0.39, 0.29) is 11.7 Å². The fourth-order valence-corrected chi connectivity index (χ4v) is 4.72. The number of nitrogens with two attached hydrogens (primary N) is 2. The lowest BCUT2D eigenvalue weighted by Gasteiger charge is -2.22. The highest BCUT2D eigenvalue weighted by molar-refractivity contribution is 5.97. The van der Waals surface area contributed by atoms with Gasteiger partial charge in [0.1, 0.15) is 11.7 Å². The summed E-state index contributed by atoms with van der Waals surface area (Å²) in [4.78, 5) is 20.3. The third-order valence-electron chi connectivity index (χ3n) is 6.75. The number of ether oxygens (including phenoxy) is 1. The van der Waals surface area contributed by atoms with Crippen LogP contribution in [0.2, 0.25) is 0 Å². The first-order valence-corrected chi connectivity index (χ1v) is 13.5. The fraction of sp³-hybridized carbons (Fsp3) is 0.323. The Morgan fingerprint density at radius 1 is 1.00 bits per heavy atom. The Bertz CT molecular complexity index is 1380. The molecule has 39 heavy (non-hydrogen) atoms. The molecule has 0 saturated heterocycles. The summed E-state index contributed by atoms with van der Waals surface area (Å²) in [7, 11) is 0. The number of amidine groups is 1. The molecule has 1 amide bonds. The molecule has 1 aromatic heterocycles. The summed E-state index contributed by atoms with van der Waals surface area (Å²) in [6.07, 6.45) is 2.43. The summed E-state index contributed by atoms with van der Waals surface area (Å²) in [5.74, 6) is 0.992. The molecule has 0 aliphatic rings. The minimum absolute atomic E-state index is 0.0517. The third kappa shape index (κ3) is 7.31. The van der Waals surface area contributed by atoms with E-state index in [1.54, 1.807) is 4.90 Å². The predicted octanol–water partition coefficient (Wildman–Crippen LogP) is 4.13. The maximum atomic E-state index is 13.5. The van der Waals surface area contributed by atoms with Crippen molar-refractivity contribution in [1.29, 1.82) is 5.41 Å². The van der Waals surface area contributed by atoms with Gasteiger partial charge in [0.2, 0.25) is 0 Å². The van der Waals surface area contributed by atoms with Crippen LogP contribution in [-0.2, 0) is 30.7 Å². The zero-order valence-electron chi connectivity index (χ0n) is 22.6. The number of nitrogen functional groups attached to an aromatic ring is 1. The van der Waals surface area contributed by atoms with E-state index in [0.717, 1.165) is 59.4 Å². The van der Waals surface area contributed by atoms with Crippen molar-refractivity contribution in [2.75, 3.05) is 26.3 Å². The molecule has 0 spiro atoms. The monoisotopic (exact) mass is 526 g/mol. The van der Waals surface area contributed by atoms with E-state index in [4.69, 9.17) is 26.6 Å². The van der Waals surface area contributed by atoms with Gasteiger partial charge in [-0.05, 0) is 49.1 Å². The number of imidazole rings is 1. The van der Waals surface area contributed by atoms with Crippen molar-refractivity contribution in [2.45, 2.75) is 39.3 Å². The van der Waals surface area contributed by atoms with Crippen molar-refractivity contribution in [3.8, 4) is 0 Å². The molecule has 0 aliphatic carbocycles. The number of hydrogen-bond donors (Lipinski definition) is 3. The molecule has 8 nitrogen and oxygen atoms in total. The molecule has 0 saturated carbocycles. The van der Waals surface area contributed by atoms with Crippen molar-refractivity contribution < 1.29 is 9.53 Å². The van der Waals surface area contributed by atoms with Crippen LogP contribution < -0.4 is 11.5 Å². The Morgan fingerprint density at radius 2 is 1.74 bits per heavy atom. The summed E-state index contributed by atoms with van der Waals surface area (Å²) >= 11 is 0. The molecular formula is C31H38N6O2. The highest BCUT2D eigenvalue weighted by Gasteiger charge is 2.18. The van der Waals surface area contributed by atoms with Gasteiger partial charge in [0.05, 0.1) is 11.0 Å². The predicted molar refractivity (Wildman–Crippen MR) is 156 cm³/mol. The van der Waals surface area contributed by atoms with Gasteiger partial charge < -0.3 is 25.7 Å². The van der Waals surface area contributed by atoms with Gasteiger partial charge in [-0.25, -0.2) is 4.98 Å². The number of nitrogens with one attached hydrogen (secondary N) is 1. The van der Waals surface area contributed by atoms with Gasteiger partial charge >= 0.3 is 0 Å². The Balaban J connectivity index is 1.58. The van der Waals surface area contributed by atoms with Gasteiger partial charge in [-0.2, -0.15) is 0 Å². The molecule has 204 valence electrons. The Labute approximate surface area is 230 Å². The van der Waals surface area contributed by atoms with Crippen LogP contribution in [0.25, 0.3) is 11.0 Å². The molecule has 4 aromatic rings. The second-order valence-corrected chi connectivity index (χ2v) is 9.55. The van der Waals surface area contributed by atoms with Crippen molar-refractivity contribution in [3.63, 3.8) is 0 Å². The maximum Gasteiger partial charge on any atom is 0.254 e. The lowest BCUT2D eigenvalue weighted by molar-refractivity contribution is 0.0748. The molecular weight excluding hydrogens is 488 g/mol. The smallest absolute Gasteiger partial charge is 0.254 e. The molecule has 0 atom stereocenters. The van der Waals surface area contributed by atoms with E-state index in [9.17, 15) is 4.79 Å². The SMILES string of the molecule is CCOCCCn1c(CCc2ccc(C(=N)N)cc2)nc2cc(C(=O)N(CCN)Cc3ccccc3)ccc21. The standard InChI is InChI=1S/C31H38N6O2/c1-2-39-20-6-18-37-28-15-14-26(31(38)36(19-17-32)22-24-7-4-3-5-8-24)21-27(28)35-29(37)16-11-23-9-12-25(13-10-23)30(33)34/h3-5,7-10,12-15,21H,2,6,11,16-20,22,32H2,1H3,(H3,33,34). The van der Waals surface area contributed by atoms with Crippen LogP contribution in [0.1, 0.15) is 46.2 Å². The van der Waals surface area contributed by atoms with Crippen LogP contribution in [-0.4, -0.2) is 52.5 Å². The number of aryl methyl sites for hydroxylation is 3. The van der Waals surface area contributed by atoms with Gasteiger partial charge in [0.15, 0.2) is 0 Å². The molecule has 0 bridgehead atoms. The van der Waals surface area contributed by atoms with E-state index in [0.29, 0.717) is 38.4 Å². The lowest BCUT2D eigenvalue weighted by Crippen LogP contribution is -2.34. The lowest BCUT2D eigenvalue weighted by atomic mass is 10.1. The number of amides is 1. The van der Waals surface area contributed by atoms with Crippen LogP contribution >= 0.6 is 0 Å². The number of carbonyl (C=O) groups excluding carboxylic acids is 1. The van der Waals surface area contributed by atoms with Gasteiger partial charge in [-0.1, -0.05) is 54.6 Å². The van der Waals surface area contributed by atoms with Gasteiger partial charge in [0, 0.05) is 56.9 Å². The number of nitrogens with zero attached hydrogens (tertiary/aromatic N) is 3. The number of fused-ring (bicyclic) bond motifs is 1. The Kier molecular flexibility index (Phi) is 9.83. The minimum Gasteiger partial charge on any atom is -0.384 e. The quantitative estimate of drug-likeness (QED) is 0.129. The highest BCUT2D eigenvalue weighted by atomic mass is 16.5. The molecule has 1 heterocycles. The first kappa shape index (κ1) is 28.0. The van der Waals surface area contributed by atoms with Gasteiger partial charge in [-0.15, -0.1) is 0 Å². The molecule has 0 unspecified atom stereocenters. The van der Waals surface area contributed by atoms with E-state index in [2.05, 4.69) is 4.57 Å². The van der Waals surface area contributed by atoms with Crippen LogP contribution in [0.15, 0.2) is 72.8 Å². The molecule has 0 aliphatic heterocycles. The van der Waals surface area contributed by atoms with E-state index in [1.165, 1.54) is 0 Å². The largest absolute Gasteiger partial charge is 0.384 e. The number of benzene rings is 3. The average Bonchev–Trinajstić information content (AvgIpc) is 3.31. The van der Waals surface area contributed by atoms with Crippen molar-refractivity contribution in [3.05, 3.63) is 101 Å². The average molecular weight is 527 g/mol. The number of carbonyl (C=O) groups is 1. The molecule has 3 aromatic carbocycles. The van der Waals surface area contributed by atoms with Crippen LogP contribution in [0.4, 0.5) is 0 Å². The zero-order valence-corrected chi connectivity index (χ0v) is 22.6. The fourth-order valence-electron chi connectivity index (χ4n) is 4.72. The first-order valence-electron chi connectivity index (χ1n) is 13.5.